The Hall–Kier alpha value is -1.33. The molecule has 0 aromatic heterocycles. The van der Waals surface area contributed by atoms with Gasteiger partial charge < -0.3 is 0 Å². The quantitative estimate of drug-likeness (QED) is 0.741. The van der Waals surface area contributed by atoms with Crippen LogP contribution in [0, 0.1) is 11.3 Å². The van der Waals surface area contributed by atoms with Gasteiger partial charge in [-0.1, -0.05) is 18.2 Å². The van der Waals surface area contributed by atoms with Crippen LogP contribution in [-0.4, -0.2) is 17.5 Å². The summed E-state index contributed by atoms with van der Waals surface area (Å²) < 4.78 is 0. The van der Waals surface area contributed by atoms with Crippen LogP contribution in [0.5, 0.6) is 0 Å². The molecule has 0 saturated carbocycles. The number of hydrogen-bond acceptors (Lipinski definition) is 2. The molecule has 0 bridgehead atoms. The van der Waals surface area contributed by atoms with Crippen LogP contribution in [0.3, 0.4) is 0 Å². The second kappa shape index (κ2) is 5.33. The molecule has 1 aromatic rings. The molecule has 0 atom stereocenters. The first kappa shape index (κ1) is 12.1. The SMILES string of the molecule is CC(C)N(CC#N)Cc1ccc2c(c1)CCC2. The molecule has 1 aliphatic carbocycles. The van der Waals surface area contributed by atoms with Gasteiger partial charge in [-0.05, 0) is 49.8 Å². The van der Waals surface area contributed by atoms with Gasteiger partial charge in [-0.15, -0.1) is 0 Å². The summed E-state index contributed by atoms with van der Waals surface area (Å²) in [5, 5.41) is 8.83. The molecule has 2 nitrogen and oxygen atoms in total. The van der Waals surface area contributed by atoms with E-state index >= 15 is 0 Å². The van der Waals surface area contributed by atoms with E-state index in [-0.39, 0.29) is 0 Å². The Bertz CT molecular complexity index is 429. The van der Waals surface area contributed by atoms with Crippen LogP contribution < -0.4 is 0 Å². The molecule has 0 fully saturated rings. The third-order valence-electron chi connectivity index (χ3n) is 3.55. The number of hydrogen-bond donors (Lipinski definition) is 0. The lowest BCUT2D eigenvalue weighted by Gasteiger charge is -2.23. The molecule has 0 heterocycles. The molecule has 0 spiro atoms. The molecule has 2 rings (SSSR count). The summed E-state index contributed by atoms with van der Waals surface area (Å²) in [5.41, 5.74) is 4.38. The minimum atomic E-state index is 0.419. The van der Waals surface area contributed by atoms with Crippen LogP contribution in [0.15, 0.2) is 18.2 Å². The Morgan fingerprint density at radius 2 is 2.06 bits per heavy atom. The van der Waals surface area contributed by atoms with Crippen molar-refractivity contribution in [3.05, 3.63) is 34.9 Å². The average Bonchev–Trinajstić information content (AvgIpc) is 2.75. The number of nitrogens with zero attached hydrogens (tertiary/aromatic N) is 2. The molecule has 0 aliphatic heterocycles. The van der Waals surface area contributed by atoms with E-state index in [2.05, 4.69) is 43.0 Å². The van der Waals surface area contributed by atoms with Gasteiger partial charge in [0.05, 0.1) is 12.6 Å². The van der Waals surface area contributed by atoms with Crippen LogP contribution in [0.2, 0.25) is 0 Å². The zero-order chi connectivity index (χ0) is 12.3. The van der Waals surface area contributed by atoms with E-state index < -0.39 is 0 Å². The number of nitriles is 1. The molecule has 0 N–H and O–H groups in total. The highest BCUT2D eigenvalue weighted by Gasteiger charge is 2.13. The summed E-state index contributed by atoms with van der Waals surface area (Å²) in [6, 6.07) is 9.48. The van der Waals surface area contributed by atoms with Crippen LogP contribution in [0.1, 0.15) is 37.0 Å². The lowest BCUT2D eigenvalue weighted by molar-refractivity contribution is 0.240. The van der Waals surface area contributed by atoms with Crippen LogP contribution in [0.25, 0.3) is 0 Å². The van der Waals surface area contributed by atoms with Gasteiger partial charge in [0.2, 0.25) is 0 Å². The highest BCUT2D eigenvalue weighted by Crippen LogP contribution is 2.23. The Kier molecular flexibility index (Phi) is 3.81. The van der Waals surface area contributed by atoms with E-state index in [0.717, 1.165) is 6.54 Å². The van der Waals surface area contributed by atoms with Crippen LogP contribution in [-0.2, 0) is 19.4 Å². The molecular weight excluding hydrogens is 208 g/mol. The first-order valence-corrected chi connectivity index (χ1v) is 6.42. The van der Waals surface area contributed by atoms with E-state index in [4.69, 9.17) is 5.26 Å². The van der Waals surface area contributed by atoms with Crippen molar-refractivity contribution < 1.29 is 0 Å². The zero-order valence-corrected chi connectivity index (χ0v) is 10.7. The molecule has 0 amide bonds. The van der Waals surface area contributed by atoms with Crippen LogP contribution in [0.4, 0.5) is 0 Å². The van der Waals surface area contributed by atoms with Crippen molar-refractivity contribution in [1.29, 1.82) is 5.26 Å². The zero-order valence-electron chi connectivity index (χ0n) is 10.7. The third kappa shape index (κ3) is 2.87. The van der Waals surface area contributed by atoms with Gasteiger partial charge in [0.1, 0.15) is 0 Å². The van der Waals surface area contributed by atoms with Gasteiger partial charge >= 0.3 is 0 Å². The molecule has 0 saturated heterocycles. The van der Waals surface area contributed by atoms with E-state index in [9.17, 15) is 0 Å². The second-order valence-corrected chi connectivity index (χ2v) is 5.11. The van der Waals surface area contributed by atoms with Gasteiger partial charge in [-0.3, -0.25) is 4.90 Å². The normalized spacial score (nSPS) is 14.1. The maximum atomic E-state index is 8.83. The van der Waals surface area contributed by atoms with Gasteiger partial charge in [0.25, 0.3) is 0 Å². The lowest BCUT2D eigenvalue weighted by atomic mass is 10.1. The van der Waals surface area contributed by atoms with Gasteiger partial charge in [-0.2, -0.15) is 5.26 Å². The Morgan fingerprint density at radius 1 is 1.29 bits per heavy atom. The fraction of sp³-hybridized carbons (Fsp3) is 0.533. The number of rotatable bonds is 4. The fourth-order valence-corrected chi connectivity index (χ4v) is 2.47. The number of fused-ring (bicyclic) bond motifs is 1. The van der Waals surface area contributed by atoms with Crippen molar-refractivity contribution in [2.45, 2.75) is 45.7 Å². The first-order valence-electron chi connectivity index (χ1n) is 6.42. The monoisotopic (exact) mass is 228 g/mol. The van der Waals surface area contributed by atoms with Crippen molar-refractivity contribution in [3.8, 4) is 6.07 Å². The highest BCUT2D eigenvalue weighted by molar-refractivity contribution is 5.35. The predicted molar refractivity (Wildman–Crippen MR) is 69.6 cm³/mol. The molecule has 1 aromatic carbocycles. The molecule has 0 radical (unpaired) electrons. The van der Waals surface area contributed by atoms with Crippen LogP contribution >= 0.6 is 0 Å². The summed E-state index contributed by atoms with van der Waals surface area (Å²) in [7, 11) is 0. The highest BCUT2D eigenvalue weighted by atomic mass is 15.1. The number of benzene rings is 1. The van der Waals surface area contributed by atoms with E-state index in [0.29, 0.717) is 12.6 Å². The second-order valence-electron chi connectivity index (χ2n) is 5.11. The molecule has 0 unspecified atom stereocenters. The average molecular weight is 228 g/mol. The summed E-state index contributed by atoms with van der Waals surface area (Å²) in [4.78, 5) is 2.21. The maximum absolute atomic E-state index is 8.83. The summed E-state index contributed by atoms with van der Waals surface area (Å²) in [6.45, 7) is 5.68. The third-order valence-corrected chi connectivity index (χ3v) is 3.55. The van der Waals surface area contributed by atoms with E-state index in [1.807, 2.05) is 0 Å². The number of aryl methyl sites for hydroxylation is 2. The topological polar surface area (TPSA) is 27.0 Å². The summed E-state index contributed by atoms with van der Waals surface area (Å²) in [5.74, 6) is 0. The van der Waals surface area contributed by atoms with E-state index in [1.54, 1.807) is 0 Å². The standard InChI is InChI=1S/C15H20N2/c1-12(2)17(9-8-16)11-13-6-7-14-4-3-5-15(14)10-13/h6-7,10,12H,3-5,9,11H2,1-2H3. The Morgan fingerprint density at radius 3 is 2.76 bits per heavy atom. The largest absolute Gasteiger partial charge is 0.284 e. The van der Waals surface area contributed by atoms with Crippen molar-refractivity contribution in [1.82, 2.24) is 4.90 Å². The van der Waals surface area contributed by atoms with Crippen molar-refractivity contribution in [3.63, 3.8) is 0 Å². The van der Waals surface area contributed by atoms with Gasteiger partial charge in [0, 0.05) is 12.6 Å². The molecule has 2 heteroatoms. The van der Waals surface area contributed by atoms with E-state index in [1.165, 1.54) is 36.0 Å². The summed E-state index contributed by atoms with van der Waals surface area (Å²) >= 11 is 0. The predicted octanol–water partition coefficient (Wildman–Crippen LogP) is 2.91. The maximum Gasteiger partial charge on any atom is 0.0871 e. The van der Waals surface area contributed by atoms with Crippen molar-refractivity contribution in [2.75, 3.05) is 6.54 Å². The molecule has 90 valence electrons. The van der Waals surface area contributed by atoms with Gasteiger partial charge in [0.15, 0.2) is 0 Å². The minimum absolute atomic E-state index is 0.419. The Labute approximate surface area is 104 Å². The lowest BCUT2D eigenvalue weighted by Crippen LogP contribution is -2.30. The van der Waals surface area contributed by atoms with Crippen molar-refractivity contribution >= 4 is 0 Å². The summed E-state index contributed by atoms with van der Waals surface area (Å²) in [6.07, 6.45) is 3.76. The molecule has 1 aliphatic rings. The van der Waals surface area contributed by atoms with Gasteiger partial charge in [-0.25, -0.2) is 0 Å². The van der Waals surface area contributed by atoms with Crippen molar-refractivity contribution in [2.24, 2.45) is 0 Å². The smallest absolute Gasteiger partial charge is 0.0871 e. The molecule has 17 heavy (non-hydrogen) atoms. The first-order chi connectivity index (χ1) is 8.20. The minimum Gasteiger partial charge on any atom is -0.284 e. The molecular formula is C15H20N2. The Balaban J connectivity index is 2.10. The fourth-order valence-electron chi connectivity index (χ4n) is 2.47.